The third-order valence-corrected chi connectivity index (χ3v) is 5.63. The van der Waals surface area contributed by atoms with Crippen molar-refractivity contribution in [1.82, 2.24) is 5.32 Å². The molecule has 184 valence electrons. The number of halogens is 2. The van der Waals surface area contributed by atoms with Crippen LogP contribution < -0.4 is 21.3 Å². The molecule has 0 spiro atoms. The van der Waals surface area contributed by atoms with Crippen molar-refractivity contribution in [2.45, 2.75) is 26.3 Å². The van der Waals surface area contributed by atoms with Crippen LogP contribution in [-0.4, -0.2) is 41.4 Å². The molecule has 3 amide bonds. The Labute approximate surface area is 211 Å². The third-order valence-electron chi connectivity index (χ3n) is 5.12. The normalized spacial score (nSPS) is 15.7. The lowest BCUT2D eigenvalue weighted by Gasteiger charge is -2.27. The highest BCUT2D eigenvalue weighted by molar-refractivity contribution is 6.36. The summed E-state index contributed by atoms with van der Waals surface area (Å²) in [7, 11) is 0. The van der Waals surface area contributed by atoms with E-state index in [9.17, 15) is 24.3 Å². The maximum atomic E-state index is 12.7. The van der Waals surface area contributed by atoms with E-state index in [0.717, 1.165) is 0 Å². The molecule has 2 aromatic rings. The van der Waals surface area contributed by atoms with Crippen LogP contribution in [-0.2, 0) is 19.2 Å². The van der Waals surface area contributed by atoms with Gasteiger partial charge in [-0.05, 0) is 42.0 Å². The maximum Gasteiger partial charge on any atom is 0.326 e. The number of carboxylic acid groups (broad SMARTS) is 1. The lowest BCUT2D eigenvalue weighted by atomic mass is 9.92. The standard InChI is InChI=1S/C24H24Cl2N4O5/c1-12(2)23(33)27-11-21(32)29-16-5-3-15(4-6-16)28-20(31)8-13-7-19(24(34)35)30-18-10-14(25)9-17(26)22(13)18/h3-6,8-10,12,19,30H,7,11H2,1-2H3,(H,27,33)(H,28,31)(H,29,32)(H,34,35). The quantitative estimate of drug-likeness (QED) is 0.351. The largest absolute Gasteiger partial charge is 0.480 e. The number of carboxylic acids is 1. The summed E-state index contributed by atoms with van der Waals surface area (Å²) in [5.41, 5.74) is 2.36. The first-order valence-corrected chi connectivity index (χ1v) is 11.5. The molecule has 5 N–H and O–H groups in total. The number of rotatable bonds is 7. The summed E-state index contributed by atoms with van der Waals surface area (Å²) in [6, 6.07) is 8.55. The molecule has 1 unspecified atom stereocenters. The van der Waals surface area contributed by atoms with Crippen LogP contribution in [0, 0.1) is 5.92 Å². The fourth-order valence-electron chi connectivity index (χ4n) is 3.40. The number of hydrogen-bond acceptors (Lipinski definition) is 5. The molecule has 2 aromatic carbocycles. The summed E-state index contributed by atoms with van der Waals surface area (Å²) < 4.78 is 0. The summed E-state index contributed by atoms with van der Waals surface area (Å²) in [5, 5.41) is 20.9. The van der Waals surface area contributed by atoms with Gasteiger partial charge in [-0.2, -0.15) is 0 Å². The van der Waals surface area contributed by atoms with Crippen molar-refractivity contribution in [3.63, 3.8) is 0 Å². The number of fused-ring (bicyclic) bond motifs is 1. The van der Waals surface area contributed by atoms with Gasteiger partial charge in [0.1, 0.15) is 6.04 Å². The number of aliphatic carboxylic acids is 1. The number of carbonyl (C=O) groups is 4. The molecule has 0 saturated heterocycles. The number of amides is 3. The van der Waals surface area contributed by atoms with E-state index < -0.39 is 17.9 Å². The van der Waals surface area contributed by atoms with Gasteiger partial charge in [-0.15, -0.1) is 0 Å². The first kappa shape index (κ1) is 26.1. The topological polar surface area (TPSA) is 137 Å². The van der Waals surface area contributed by atoms with Gasteiger partial charge in [0.05, 0.1) is 11.6 Å². The van der Waals surface area contributed by atoms with Gasteiger partial charge >= 0.3 is 5.97 Å². The monoisotopic (exact) mass is 518 g/mol. The molecule has 9 nitrogen and oxygen atoms in total. The highest BCUT2D eigenvalue weighted by Crippen LogP contribution is 2.40. The second-order valence-corrected chi connectivity index (χ2v) is 9.05. The van der Waals surface area contributed by atoms with E-state index >= 15 is 0 Å². The fraction of sp³-hybridized carbons (Fsp3) is 0.250. The zero-order chi connectivity index (χ0) is 25.7. The van der Waals surface area contributed by atoms with E-state index in [4.69, 9.17) is 23.2 Å². The Bertz CT molecular complexity index is 1200. The van der Waals surface area contributed by atoms with Crippen LogP contribution in [0.15, 0.2) is 42.5 Å². The Morgan fingerprint density at radius 2 is 1.71 bits per heavy atom. The summed E-state index contributed by atoms with van der Waals surface area (Å²) in [6.07, 6.45) is 1.36. The number of carbonyl (C=O) groups excluding carboxylic acids is 3. The van der Waals surface area contributed by atoms with Crippen LogP contribution in [0.1, 0.15) is 25.8 Å². The van der Waals surface area contributed by atoms with Gasteiger partial charge < -0.3 is 26.4 Å². The van der Waals surface area contributed by atoms with Crippen LogP contribution in [0.3, 0.4) is 0 Å². The van der Waals surface area contributed by atoms with Crippen molar-refractivity contribution in [3.05, 3.63) is 58.1 Å². The van der Waals surface area contributed by atoms with E-state index in [1.165, 1.54) is 12.1 Å². The molecule has 11 heteroatoms. The summed E-state index contributed by atoms with van der Waals surface area (Å²) in [5.74, 6) is -2.36. The van der Waals surface area contributed by atoms with Gasteiger partial charge in [-0.25, -0.2) is 4.79 Å². The first-order chi connectivity index (χ1) is 16.5. The molecule has 0 saturated carbocycles. The van der Waals surface area contributed by atoms with Gasteiger partial charge in [0.15, 0.2) is 0 Å². The maximum absolute atomic E-state index is 12.7. The summed E-state index contributed by atoms with van der Waals surface area (Å²) >= 11 is 12.4. The fourth-order valence-corrected chi connectivity index (χ4v) is 4.02. The van der Waals surface area contributed by atoms with E-state index in [-0.39, 0.29) is 30.7 Å². The van der Waals surface area contributed by atoms with Gasteiger partial charge in [0.2, 0.25) is 17.7 Å². The Balaban J connectivity index is 1.68. The molecule has 0 bridgehead atoms. The highest BCUT2D eigenvalue weighted by Gasteiger charge is 2.29. The van der Waals surface area contributed by atoms with E-state index in [1.807, 2.05) is 0 Å². The van der Waals surface area contributed by atoms with E-state index in [2.05, 4.69) is 21.3 Å². The van der Waals surface area contributed by atoms with Gasteiger partial charge in [-0.1, -0.05) is 37.0 Å². The lowest BCUT2D eigenvalue weighted by molar-refractivity contribution is -0.137. The van der Waals surface area contributed by atoms with Crippen LogP contribution in [0.4, 0.5) is 17.1 Å². The average Bonchev–Trinajstić information content (AvgIpc) is 2.77. The lowest BCUT2D eigenvalue weighted by Crippen LogP contribution is -2.35. The predicted octanol–water partition coefficient (Wildman–Crippen LogP) is 4.00. The van der Waals surface area contributed by atoms with E-state index in [1.54, 1.807) is 44.2 Å². The smallest absolute Gasteiger partial charge is 0.326 e. The second-order valence-electron chi connectivity index (χ2n) is 8.21. The van der Waals surface area contributed by atoms with Crippen molar-refractivity contribution >= 4 is 69.5 Å². The zero-order valence-corrected chi connectivity index (χ0v) is 20.5. The minimum atomic E-state index is -1.07. The number of nitrogens with one attached hydrogen (secondary N) is 4. The molecule has 0 aromatic heterocycles. The average molecular weight is 519 g/mol. The Kier molecular flexibility index (Phi) is 8.37. The molecule has 35 heavy (non-hydrogen) atoms. The second kappa shape index (κ2) is 11.2. The molecule has 0 radical (unpaired) electrons. The van der Waals surface area contributed by atoms with Crippen molar-refractivity contribution < 1.29 is 24.3 Å². The summed E-state index contributed by atoms with van der Waals surface area (Å²) in [6.45, 7) is 3.31. The first-order valence-electron chi connectivity index (χ1n) is 10.7. The van der Waals surface area contributed by atoms with Crippen molar-refractivity contribution in [2.24, 2.45) is 5.92 Å². The van der Waals surface area contributed by atoms with Crippen molar-refractivity contribution in [1.29, 1.82) is 0 Å². The Morgan fingerprint density at radius 1 is 1.09 bits per heavy atom. The molecular formula is C24H24Cl2N4O5. The molecule has 0 fully saturated rings. The zero-order valence-electron chi connectivity index (χ0n) is 18.9. The minimum absolute atomic E-state index is 0.0510. The molecule has 1 aliphatic heterocycles. The van der Waals surface area contributed by atoms with E-state index in [0.29, 0.717) is 38.2 Å². The minimum Gasteiger partial charge on any atom is -0.480 e. The van der Waals surface area contributed by atoms with Crippen LogP contribution in [0.25, 0.3) is 5.57 Å². The van der Waals surface area contributed by atoms with Crippen LogP contribution in [0.2, 0.25) is 10.0 Å². The molecule has 1 atom stereocenters. The number of hydrogen-bond donors (Lipinski definition) is 5. The van der Waals surface area contributed by atoms with Crippen molar-refractivity contribution in [2.75, 3.05) is 22.5 Å². The van der Waals surface area contributed by atoms with Crippen molar-refractivity contribution in [3.8, 4) is 0 Å². The highest BCUT2D eigenvalue weighted by atomic mass is 35.5. The molecule has 1 heterocycles. The molecule has 3 rings (SSSR count). The van der Waals surface area contributed by atoms with Gasteiger partial charge in [-0.3, -0.25) is 14.4 Å². The Morgan fingerprint density at radius 3 is 2.31 bits per heavy atom. The number of anilines is 3. The number of benzene rings is 2. The predicted molar refractivity (Wildman–Crippen MR) is 136 cm³/mol. The Hall–Kier alpha value is -3.56. The molecule has 1 aliphatic rings. The van der Waals surface area contributed by atoms with Gasteiger partial charge in [0.25, 0.3) is 0 Å². The van der Waals surface area contributed by atoms with Gasteiger partial charge in [0, 0.05) is 46.1 Å². The molecular weight excluding hydrogens is 495 g/mol. The third kappa shape index (κ3) is 6.97. The SMILES string of the molecule is CC(C)C(=O)NCC(=O)Nc1ccc(NC(=O)C=C2CC(C(=O)O)Nc3cc(Cl)cc(Cl)c32)cc1. The summed E-state index contributed by atoms with van der Waals surface area (Å²) in [4.78, 5) is 47.8. The van der Waals surface area contributed by atoms with Crippen LogP contribution >= 0.6 is 23.2 Å². The molecule has 0 aliphatic carbocycles. The van der Waals surface area contributed by atoms with Crippen LogP contribution in [0.5, 0.6) is 0 Å².